The fourth-order valence-corrected chi connectivity index (χ4v) is 1.73. The number of hydrogen-bond donors (Lipinski definition) is 2. The van der Waals surface area contributed by atoms with Gasteiger partial charge in [0, 0.05) is 13.1 Å². The van der Waals surface area contributed by atoms with Crippen LogP contribution in [0.2, 0.25) is 0 Å². The number of aromatic hydroxyl groups is 1. The van der Waals surface area contributed by atoms with Crippen molar-refractivity contribution in [2.45, 2.75) is 12.6 Å². The van der Waals surface area contributed by atoms with E-state index in [1.807, 2.05) is 24.1 Å². The van der Waals surface area contributed by atoms with Gasteiger partial charge in [0.25, 0.3) is 0 Å². The van der Waals surface area contributed by atoms with E-state index in [2.05, 4.69) is 0 Å². The van der Waals surface area contributed by atoms with Crippen molar-refractivity contribution in [1.29, 1.82) is 0 Å². The third kappa shape index (κ3) is 5.83. The van der Waals surface area contributed by atoms with Gasteiger partial charge in [-0.05, 0) is 38.2 Å². The summed E-state index contributed by atoms with van der Waals surface area (Å²) in [5.41, 5.74) is 1.14. The Morgan fingerprint density at radius 2 is 1.89 bits per heavy atom. The number of phenolic OH excluding ortho intramolecular Hbond substituents is 1. The highest BCUT2D eigenvalue weighted by Crippen LogP contribution is 2.10. The monoisotopic (exact) mass is 266 g/mol. The number of carbonyl (C=O) groups is 1. The van der Waals surface area contributed by atoms with Crippen LogP contribution in [0, 0.1) is 0 Å². The molecule has 1 unspecified atom stereocenters. The van der Waals surface area contributed by atoms with Crippen LogP contribution in [0.4, 0.5) is 0 Å². The average molecular weight is 266 g/mol. The molecule has 5 heteroatoms. The van der Waals surface area contributed by atoms with Crippen molar-refractivity contribution in [2.24, 2.45) is 0 Å². The Bertz CT molecular complexity index is 381. The molecule has 1 atom stereocenters. The van der Waals surface area contributed by atoms with Crippen LogP contribution >= 0.6 is 0 Å². The molecule has 0 heterocycles. The van der Waals surface area contributed by atoms with Crippen LogP contribution in [0.5, 0.6) is 5.75 Å². The Morgan fingerprint density at radius 1 is 1.26 bits per heavy atom. The Morgan fingerprint density at radius 3 is 2.47 bits per heavy atom. The summed E-state index contributed by atoms with van der Waals surface area (Å²) in [6.07, 6.45) is 0.982. The molecule has 0 spiro atoms. The third-order valence-electron chi connectivity index (χ3n) is 3.06. The van der Waals surface area contributed by atoms with Crippen molar-refractivity contribution in [3.8, 4) is 5.75 Å². The van der Waals surface area contributed by atoms with Gasteiger partial charge in [-0.15, -0.1) is 0 Å². The lowest BCUT2D eigenvalue weighted by Gasteiger charge is -2.26. The lowest BCUT2D eigenvalue weighted by molar-refractivity contribution is -0.111. The normalized spacial score (nSPS) is 12.9. The standard InChI is InChI=1S/C14H22N2O3/c1-15(11-14(19)16(2)9-10-17)8-7-12-3-5-13(18)6-4-12/h3-6,10,14,18-19H,7-9,11H2,1-2H3. The molecule has 0 aliphatic carbocycles. The Balaban J connectivity index is 2.32. The van der Waals surface area contributed by atoms with Gasteiger partial charge in [0.05, 0.1) is 6.54 Å². The first kappa shape index (κ1) is 15.6. The second-order valence-electron chi connectivity index (χ2n) is 4.77. The van der Waals surface area contributed by atoms with Crippen molar-refractivity contribution in [1.82, 2.24) is 9.80 Å². The average Bonchev–Trinajstić information content (AvgIpc) is 2.38. The van der Waals surface area contributed by atoms with Crippen LogP contribution < -0.4 is 0 Å². The SMILES string of the molecule is CN(CCc1ccc(O)cc1)CC(O)N(C)CC=O. The Labute approximate surface area is 114 Å². The maximum Gasteiger partial charge on any atom is 0.134 e. The number of likely N-dealkylation sites (N-methyl/N-ethyl adjacent to an activating group) is 2. The van der Waals surface area contributed by atoms with Gasteiger partial charge >= 0.3 is 0 Å². The van der Waals surface area contributed by atoms with Crippen LogP contribution in [0.3, 0.4) is 0 Å². The molecule has 0 bridgehead atoms. The number of aliphatic hydroxyl groups excluding tert-OH is 1. The van der Waals surface area contributed by atoms with E-state index in [9.17, 15) is 15.0 Å². The predicted molar refractivity (Wildman–Crippen MR) is 74.0 cm³/mol. The van der Waals surface area contributed by atoms with Gasteiger partial charge in [-0.3, -0.25) is 4.90 Å². The summed E-state index contributed by atoms with van der Waals surface area (Å²) in [7, 11) is 3.64. The molecule has 0 saturated heterocycles. The highest BCUT2D eigenvalue weighted by molar-refractivity contribution is 5.51. The van der Waals surface area contributed by atoms with Gasteiger partial charge in [-0.2, -0.15) is 0 Å². The van der Waals surface area contributed by atoms with Gasteiger partial charge in [0.15, 0.2) is 0 Å². The molecule has 19 heavy (non-hydrogen) atoms. The van der Waals surface area contributed by atoms with Crippen molar-refractivity contribution in [2.75, 3.05) is 33.7 Å². The molecule has 1 aromatic carbocycles. The van der Waals surface area contributed by atoms with Crippen molar-refractivity contribution < 1.29 is 15.0 Å². The molecule has 1 rings (SSSR count). The number of nitrogens with zero attached hydrogens (tertiary/aromatic N) is 2. The third-order valence-corrected chi connectivity index (χ3v) is 3.06. The minimum absolute atomic E-state index is 0.229. The van der Waals surface area contributed by atoms with Crippen LogP contribution in [0.15, 0.2) is 24.3 Å². The van der Waals surface area contributed by atoms with Gasteiger partial charge < -0.3 is 19.9 Å². The summed E-state index contributed by atoms with van der Waals surface area (Å²) in [4.78, 5) is 14.0. The first-order valence-corrected chi connectivity index (χ1v) is 6.31. The maximum atomic E-state index is 10.4. The Kier molecular flexibility index (Phi) is 6.49. The smallest absolute Gasteiger partial charge is 0.134 e. The van der Waals surface area contributed by atoms with E-state index in [4.69, 9.17) is 0 Å². The molecule has 5 nitrogen and oxygen atoms in total. The molecule has 0 fully saturated rings. The topological polar surface area (TPSA) is 64.0 Å². The molecular formula is C14H22N2O3. The van der Waals surface area contributed by atoms with Crippen LogP contribution in [0.1, 0.15) is 5.56 Å². The first-order chi connectivity index (χ1) is 9.02. The minimum atomic E-state index is -0.644. The van der Waals surface area contributed by atoms with E-state index in [1.165, 1.54) is 0 Å². The molecule has 0 radical (unpaired) electrons. The number of aldehydes is 1. The number of benzene rings is 1. The lowest BCUT2D eigenvalue weighted by atomic mass is 10.1. The zero-order valence-electron chi connectivity index (χ0n) is 11.5. The highest BCUT2D eigenvalue weighted by Gasteiger charge is 2.12. The van der Waals surface area contributed by atoms with Crippen LogP contribution in [0.25, 0.3) is 0 Å². The van der Waals surface area contributed by atoms with Crippen LogP contribution in [-0.2, 0) is 11.2 Å². The maximum absolute atomic E-state index is 10.4. The molecule has 0 saturated carbocycles. The largest absolute Gasteiger partial charge is 0.508 e. The molecule has 106 valence electrons. The van der Waals surface area contributed by atoms with E-state index in [0.717, 1.165) is 24.8 Å². The summed E-state index contributed by atoms with van der Waals surface area (Å²) < 4.78 is 0. The minimum Gasteiger partial charge on any atom is -0.508 e. The summed E-state index contributed by atoms with van der Waals surface area (Å²) in [5, 5.41) is 19.0. The molecule has 1 aromatic rings. The summed E-state index contributed by atoms with van der Waals surface area (Å²) >= 11 is 0. The quantitative estimate of drug-likeness (QED) is 0.524. The second kappa shape index (κ2) is 7.89. The number of rotatable bonds is 8. The number of hydrogen-bond acceptors (Lipinski definition) is 5. The van der Waals surface area contributed by atoms with Gasteiger partial charge in [-0.25, -0.2) is 0 Å². The number of carbonyl (C=O) groups excluding carboxylic acids is 1. The number of phenols is 1. The van der Waals surface area contributed by atoms with Gasteiger partial charge in [-0.1, -0.05) is 12.1 Å². The molecule has 0 aliphatic rings. The van der Waals surface area contributed by atoms with Crippen LogP contribution in [-0.4, -0.2) is 66.3 Å². The highest BCUT2D eigenvalue weighted by atomic mass is 16.3. The summed E-state index contributed by atoms with van der Waals surface area (Å²) in [6.45, 7) is 1.52. The van der Waals surface area contributed by atoms with E-state index in [1.54, 1.807) is 24.1 Å². The van der Waals surface area contributed by atoms with Crippen molar-refractivity contribution >= 4 is 6.29 Å². The summed E-state index contributed by atoms with van der Waals surface area (Å²) in [5.74, 6) is 0.267. The van der Waals surface area contributed by atoms with Crippen molar-refractivity contribution in [3.63, 3.8) is 0 Å². The molecule has 0 aliphatic heterocycles. The fourth-order valence-electron chi connectivity index (χ4n) is 1.73. The zero-order valence-corrected chi connectivity index (χ0v) is 11.5. The van der Waals surface area contributed by atoms with E-state index in [0.29, 0.717) is 6.54 Å². The molecule has 2 N–H and O–H groups in total. The molecule has 0 aromatic heterocycles. The number of aliphatic hydroxyl groups is 1. The second-order valence-corrected chi connectivity index (χ2v) is 4.77. The molecule has 0 amide bonds. The zero-order chi connectivity index (χ0) is 14.3. The van der Waals surface area contributed by atoms with Gasteiger partial charge in [0.2, 0.25) is 0 Å². The first-order valence-electron chi connectivity index (χ1n) is 6.31. The van der Waals surface area contributed by atoms with E-state index in [-0.39, 0.29) is 12.3 Å². The van der Waals surface area contributed by atoms with Gasteiger partial charge in [0.1, 0.15) is 18.3 Å². The predicted octanol–water partition coefficient (Wildman–Crippen LogP) is 0.316. The Hall–Kier alpha value is -1.43. The summed E-state index contributed by atoms with van der Waals surface area (Å²) in [6, 6.07) is 7.11. The fraction of sp³-hybridized carbons (Fsp3) is 0.500. The van der Waals surface area contributed by atoms with E-state index < -0.39 is 6.23 Å². The van der Waals surface area contributed by atoms with Crippen molar-refractivity contribution in [3.05, 3.63) is 29.8 Å². The molecular weight excluding hydrogens is 244 g/mol. The lowest BCUT2D eigenvalue weighted by Crippen LogP contribution is -2.42. The van der Waals surface area contributed by atoms with E-state index >= 15 is 0 Å².